The number of nitrogens with one attached hydrogen (secondary N) is 1. The molecule has 0 unspecified atom stereocenters. The standard InChI is InChI=1S/C18H13F6N3O2S/c1-11-16(10-27(25-11)15-5-3-2-4-6-15)30(28,29)26-14-8-12(17(19,20)21)7-13(9-14)18(22,23)24/h2-10,26H,1H3. The summed E-state index contributed by atoms with van der Waals surface area (Å²) in [6.45, 7) is 1.35. The number of aromatic nitrogens is 2. The summed E-state index contributed by atoms with van der Waals surface area (Å²) in [5, 5.41) is 4.04. The summed E-state index contributed by atoms with van der Waals surface area (Å²) in [5.41, 5.74) is -3.61. The Morgan fingerprint density at radius 3 is 1.93 bits per heavy atom. The molecule has 2 aromatic carbocycles. The predicted molar refractivity (Wildman–Crippen MR) is 95.6 cm³/mol. The lowest BCUT2D eigenvalue weighted by molar-refractivity contribution is -0.143. The third kappa shape index (κ3) is 4.58. The number of alkyl halides is 6. The van der Waals surface area contributed by atoms with Gasteiger partial charge in [-0.05, 0) is 37.3 Å². The van der Waals surface area contributed by atoms with Crippen LogP contribution in [0.4, 0.5) is 32.0 Å². The SMILES string of the molecule is Cc1nn(-c2ccccc2)cc1S(=O)(=O)Nc1cc(C(F)(F)F)cc(C(F)(F)F)c1. The molecule has 0 bridgehead atoms. The summed E-state index contributed by atoms with van der Waals surface area (Å²) in [6.07, 6.45) is -9.09. The summed E-state index contributed by atoms with van der Waals surface area (Å²) in [5.74, 6) is 0. The van der Waals surface area contributed by atoms with Crippen molar-refractivity contribution in [2.45, 2.75) is 24.2 Å². The monoisotopic (exact) mass is 449 g/mol. The van der Waals surface area contributed by atoms with Gasteiger partial charge >= 0.3 is 12.4 Å². The van der Waals surface area contributed by atoms with E-state index in [4.69, 9.17) is 0 Å². The largest absolute Gasteiger partial charge is 0.416 e. The van der Waals surface area contributed by atoms with Gasteiger partial charge < -0.3 is 0 Å². The van der Waals surface area contributed by atoms with Gasteiger partial charge in [-0.3, -0.25) is 4.72 Å². The van der Waals surface area contributed by atoms with E-state index in [1.807, 2.05) is 0 Å². The van der Waals surface area contributed by atoms with Gasteiger partial charge in [0.25, 0.3) is 10.0 Å². The molecule has 0 amide bonds. The molecule has 5 nitrogen and oxygen atoms in total. The number of halogens is 6. The van der Waals surface area contributed by atoms with E-state index in [0.29, 0.717) is 17.8 Å². The zero-order valence-electron chi connectivity index (χ0n) is 15.1. The van der Waals surface area contributed by atoms with Crippen LogP contribution >= 0.6 is 0 Å². The average Bonchev–Trinajstić information content (AvgIpc) is 3.03. The molecule has 0 fully saturated rings. The van der Waals surface area contributed by atoms with Crippen LogP contribution < -0.4 is 4.72 Å². The Kier molecular flexibility index (Phi) is 5.31. The molecule has 0 saturated heterocycles. The average molecular weight is 449 g/mol. The summed E-state index contributed by atoms with van der Waals surface area (Å²) >= 11 is 0. The Balaban J connectivity index is 2.03. The highest BCUT2D eigenvalue weighted by Gasteiger charge is 2.37. The number of sulfonamides is 1. The van der Waals surface area contributed by atoms with Gasteiger partial charge in [0.05, 0.1) is 34.4 Å². The lowest BCUT2D eigenvalue weighted by Gasteiger charge is -2.15. The normalized spacial score (nSPS) is 12.8. The van der Waals surface area contributed by atoms with Crippen molar-refractivity contribution in [3.8, 4) is 5.69 Å². The van der Waals surface area contributed by atoms with Crippen LogP contribution in [0.25, 0.3) is 5.69 Å². The lowest BCUT2D eigenvalue weighted by Crippen LogP contribution is -2.16. The fourth-order valence-electron chi connectivity index (χ4n) is 2.65. The molecule has 1 aromatic heterocycles. The second kappa shape index (κ2) is 7.35. The molecule has 0 atom stereocenters. The van der Waals surface area contributed by atoms with Crippen molar-refractivity contribution in [3.63, 3.8) is 0 Å². The van der Waals surface area contributed by atoms with E-state index >= 15 is 0 Å². The molecule has 1 heterocycles. The maximum atomic E-state index is 13.0. The Bertz CT molecular complexity index is 1140. The van der Waals surface area contributed by atoms with Crippen molar-refractivity contribution >= 4 is 15.7 Å². The molecule has 0 spiro atoms. The second-order valence-corrected chi connectivity index (χ2v) is 7.91. The van der Waals surface area contributed by atoms with Crippen molar-refractivity contribution in [3.05, 3.63) is 71.5 Å². The minimum Gasteiger partial charge on any atom is -0.279 e. The predicted octanol–water partition coefficient (Wildman–Crippen LogP) is 5.02. The van der Waals surface area contributed by atoms with Crippen molar-refractivity contribution in [1.29, 1.82) is 0 Å². The first kappa shape index (κ1) is 21.7. The molecule has 0 radical (unpaired) electrons. The summed E-state index contributed by atoms with van der Waals surface area (Å²) in [4.78, 5) is -0.391. The van der Waals surface area contributed by atoms with E-state index in [1.54, 1.807) is 35.1 Å². The molecule has 0 aliphatic rings. The quantitative estimate of drug-likeness (QED) is 0.569. The summed E-state index contributed by atoms with van der Waals surface area (Å²) in [7, 11) is -4.52. The Morgan fingerprint density at radius 2 is 1.43 bits per heavy atom. The first-order valence-corrected chi connectivity index (χ1v) is 9.70. The van der Waals surface area contributed by atoms with E-state index in [0.717, 1.165) is 6.20 Å². The first-order valence-electron chi connectivity index (χ1n) is 8.21. The molecular weight excluding hydrogens is 436 g/mol. The van der Waals surface area contributed by atoms with Gasteiger partial charge in [0, 0.05) is 0 Å². The van der Waals surface area contributed by atoms with Crippen LogP contribution in [0.1, 0.15) is 16.8 Å². The van der Waals surface area contributed by atoms with Crippen LogP contribution in [0.5, 0.6) is 0 Å². The third-order valence-corrected chi connectivity index (χ3v) is 5.49. The van der Waals surface area contributed by atoms with Crippen molar-refractivity contribution in [2.75, 3.05) is 4.72 Å². The summed E-state index contributed by atoms with van der Waals surface area (Å²) < 4.78 is 106. The number of aryl methyl sites for hydroxylation is 1. The number of anilines is 1. The fraction of sp³-hybridized carbons (Fsp3) is 0.167. The van der Waals surface area contributed by atoms with Crippen molar-refractivity contribution in [2.24, 2.45) is 0 Å². The highest BCUT2D eigenvalue weighted by molar-refractivity contribution is 7.92. The molecular formula is C18H13F6N3O2S. The van der Waals surface area contributed by atoms with E-state index in [2.05, 4.69) is 5.10 Å². The highest BCUT2D eigenvalue weighted by atomic mass is 32.2. The molecule has 12 heteroatoms. The van der Waals surface area contributed by atoms with Crippen LogP contribution in [0, 0.1) is 6.92 Å². The van der Waals surface area contributed by atoms with Crippen molar-refractivity contribution < 1.29 is 34.8 Å². The molecule has 0 aliphatic heterocycles. The second-order valence-electron chi connectivity index (χ2n) is 6.26. The Labute approximate surface area is 167 Å². The number of hydrogen-bond acceptors (Lipinski definition) is 3. The zero-order chi connectivity index (χ0) is 22.3. The topological polar surface area (TPSA) is 64.0 Å². The maximum Gasteiger partial charge on any atom is 0.416 e. The van der Waals surface area contributed by atoms with Gasteiger partial charge in [0.15, 0.2) is 0 Å². The van der Waals surface area contributed by atoms with Gasteiger partial charge in [0.2, 0.25) is 0 Å². The number of hydrogen-bond donors (Lipinski definition) is 1. The van der Waals surface area contributed by atoms with E-state index in [1.165, 1.54) is 11.6 Å². The number of rotatable bonds is 4. The first-order chi connectivity index (χ1) is 13.8. The molecule has 30 heavy (non-hydrogen) atoms. The van der Waals surface area contributed by atoms with Gasteiger partial charge in [-0.2, -0.15) is 31.4 Å². The fourth-order valence-corrected chi connectivity index (χ4v) is 3.85. The minimum absolute atomic E-state index is 0.00868. The smallest absolute Gasteiger partial charge is 0.279 e. The van der Waals surface area contributed by atoms with Crippen LogP contribution in [0.15, 0.2) is 59.6 Å². The van der Waals surface area contributed by atoms with Crippen LogP contribution in [-0.2, 0) is 22.4 Å². The number of nitrogens with zero attached hydrogens (tertiary/aromatic N) is 2. The molecule has 160 valence electrons. The third-order valence-electron chi connectivity index (χ3n) is 4.00. The van der Waals surface area contributed by atoms with Gasteiger partial charge in [-0.25, -0.2) is 13.1 Å². The Hall–Kier alpha value is -3.02. The summed E-state index contributed by atoms with van der Waals surface area (Å²) in [6, 6.07) is 8.87. The van der Waals surface area contributed by atoms with E-state index in [-0.39, 0.29) is 11.8 Å². The van der Waals surface area contributed by atoms with Crippen LogP contribution in [-0.4, -0.2) is 18.2 Å². The van der Waals surface area contributed by atoms with Gasteiger partial charge in [-0.15, -0.1) is 0 Å². The van der Waals surface area contributed by atoms with E-state index < -0.39 is 44.1 Å². The highest BCUT2D eigenvalue weighted by Crippen LogP contribution is 2.38. The molecule has 0 saturated carbocycles. The minimum atomic E-state index is -5.10. The van der Waals surface area contributed by atoms with Crippen LogP contribution in [0.3, 0.4) is 0 Å². The van der Waals surface area contributed by atoms with Gasteiger partial charge in [-0.1, -0.05) is 18.2 Å². The lowest BCUT2D eigenvalue weighted by atomic mass is 10.1. The van der Waals surface area contributed by atoms with E-state index in [9.17, 15) is 34.8 Å². The maximum absolute atomic E-state index is 13.0. The molecule has 3 aromatic rings. The number of benzene rings is 2. The van der Waals surface area contributed by atoms with Gasteiger partial charge in [0.1, 0.15) is 4.90 Å². The molecule has 0 aliphatic carbocycles. The number of para-hydroxylation sites is 1. The molecule has 3 rings (SSSR count). The van der Waals surface area contributed by atoms with Crippen LogP contribution in [0.2, 0.25) is 0 Å². The molecule has 1 N–H and O–H groups in total. The Morgan fingerprint density at radius 1 is 0.900 bits per heavy atom. The zero-order valence-corrected chi connectivity index (χ0v) is 15.9. The van der Waals surface area contributed by atoms with Crippen molar-refractivity contribution in [1.82, 2.24) is 9.78 Å².